The van der Waals surface area contributed by atoms with Crippen LogP contribution in [0.4, 0.5) is 15.7 Å². The van der Waals surface area contributed by atoms with Crippen molar-refractivity contribution in [1.82, 2.24) is 15.3 Å². The molecule has 1 amide bonds. The molecule has 17 heteroatoms. The van der Waals surface area contributed by atoms with E-state index in [0.29, 0.717) is 34.1 Å². The molecule has 0 aliphatic rings. The van der Waals surface area contributed by atoms with E-state index in [2.05, 4.69) is 15.3 Å². The van der Waals surface area contributed by atoms with Crippen LogP contribution in [-0.2, 0) is 40.0 Å². The Morgan fingerprint density at radius 1 is 0.837 bits per heavy atom. The number of nitrogens with one attached hydrogen (secondary N) is 1. The monoisotopic (exact) mass is 671 g/mol. The zero-order valence-corrected chi connectivity index (χ0v) is 25.1. The molecule has 0 unspecified atom stereocenters. The summed E-state index contributed by atoms with van der Waals surface area (Å²) in [5, 5.41) is 3.56. The minimum absolute atomic E-state index is 0.0772. The maximum absolute atomic E-state index is 13.0. The van der Waals surface area contributed by atoms with E-state index in [1.165, 1.54) is 12.1 Å². The van der Waals surface area contributed by atoms with Gasteiger partial charge in [0.1, 0.15) is 5.82 Å². The minimum Gasteiger partial charge on any atom is -0.383 e. The molecule has 0 spiro atoms. The Hall–Kier alpha value is -3.86. The molecule has 7 N–H and O–H groups in total. The standard InChI is InChI=1S/C26H22Cl2FN5O3S.H2O4S/c27-20-11-8-18(13-21(20)28)23-22(33-26(31)34-24(23)30)12-5-15-1-3-16(4-2-15)14-32-25(35)17-6-9-19(10-7-17)38(29,36)37;1-5(2,3)4/h1-4,6-11,13H,5,12,14H2,(H,32,35)(H4,30,31,33,34);(H2,1,2,3,4). The number of carbonyl (C=O) groups is 1. The second-order valence-electron chi connectivity index (χ2n) is 8.83. The van der Waals surface area contributed by atoms with E-state index >= 15 is 0 Å². The van der Waals surface area contributed by atoms with Gasteiger partial charge in [0.15, 0.2) is 0 Å². The maximum atomic E-state index is 13.0. The van der Waals surface area contributed by atoms with E-state index in [0.717, 1.165) is 28.8 Å². The smallest absolute Gasteiger partial charge is 0.383 e. The molecule has 12 nitrogen and oxygen atoms in total. The van der Waals surface area contributed by atoms with Gasteiger partial charge in [-0.2, -0.15) is 21.8 Å². The van der Waals surface area contributed by atoms with Crippen molar-refractivity contribution in [2.45, 2.75) is 24.3 Å². The van der Waals surface area contributed by atoms with Crippen LogP contribution >= 0.6 is 23.2 Å². The molecule has 0 saturated carbocycles. The Morgan fingerprint density at radius 3 is 1.98 bits per heavy atom. The summed E-state index contributed by atoms with van der Waals surface area (Å²) in [6, 6.07) is 17.4. The third-order valence-electron chi connectivity index (χ3n) is 5.76. The maximum Gasteiger partial charge on any atom is 0.394 e. The number of nitrogens with two attached hydrogens (primary N) is 2. The van der Waals surface area contributed by atoms with Crippen LogP contribution in [0, 0.1) is 0 Å². The topological polar surface area (TPSA) is 216 Å². The number of nitrogen functional groups attached to an aromatic ring is 2. The van der Waals surface area contributed by atoms with Crippen LogP contribution in [0.5, 0.6) is 0 Å². The summed E-state index contributed by atoms with van der Waals surface area (Å²) >= 11 is 12.2. The van der Waals surface area contributed by atoms with Gasteiger partial charge in [-0.25, -0.2) is 4.98 Å². The molecule has 1 heterocycles. The first kappa shape index (κ1) is 33.6. The fraction of sp³-hybridized carbons (Fsp3) is 0.115. The summed E-state index contributed by atoms with van der Waals surface area (Å²) in [6.45, 7) is 0.253. The number of nitrogens with zero attached hydrogens (tertiary/aromatic N) is 2. The van der Waals surface area contributed by atoms with Crippen molar-refractivity contribution in [2.24, 2.45) is 0 Å². The molecule has 3 aromatic carbocycles. The third-order valence-corrected chi connectivity index (χ3v) is 7.34. The molecule has 0 aliphatic carbocycles. The first-order chi connectivity index (χ1) is 20.0. The van der Waals surface area contributed by atoms with Crippen molar-refractivity contribution >= 4 is 61.5 Å². The summed E-state index contributed by atoms with van der Waals surface area (Å²) in [4.78, 5) is 20.3. The number of rotatable bonds is 8. The van der Waals surface area contributed by atoms with Crippen LogP contribution in [0.1, 0.15) is 27.2 Å². The SMILES string of the molecule is Nc1nc(N)c(-c2ccc(Cl)c(Cl)c2)c(CCc2ccc(CNC(=O)c3ccc(S(=O)(=O)F)cc3)cc2)n1.O=S(=O)(O)O. The number of amides is 1. The van der Waals surface area contributed by atoms with Crippen LogP contribution in [-0.4, -0.2) is 41.8 Å². The molecule has 4 aromatic rings. The van der Waals surface area contributed by atoms with Crippen molar-refractivity contribution in [2.75, 3.05) is 11.5 Å². The molecule has 1 aromatic heterocycles. The molecule has 0 bridgehead atoms. The van der Waals surface area contributed by atoms with E-state index in [1.807, 2.05) is 24.3 Å². The van der Waals surface area contributed by atoms with E-state index in [-0.39, 0.29) is 23.9 Å². The highest BCUT2D eigenvalue weighted by Gasteiger charge is 2.16. The average molecular weight is 673 g/mol. The van der Waals surface area contributed by atoms with E-state index in [1.54, 1.807) is 18.2 Å². The summed E-state index contributed by atoms with van der Waals surface area (Å²) in [5.41, 5.74) is 16.2. The highest BCUT2D eigenvalue weighted by atomic mass is 35.5. The molecule has 0 atom stereocenters. The molecule has 43 heavy (non-hydrogen) atoms. The molecular weight excluding hydrogens is 648 g/mol. The van der Waals surface area contributed by atoms with Crippen LogP contribution in [0.25, 0.3) is 11.1 Å². The van der Waals surface area contributed by atoms with Gasteiger partial charge in [0, 0.05) is 17.7 Å². The number of aromatic nitrogens is 2. The highest BCUT2D eigenvalue weighted by Crippen LogP contribution is 2.33. The first-order valence-electron chi connectivity index (χ1n) is 12.0. The van der Waals surface area contributed by atoms with Gasteiger partial charge < -0.3 is 16.8 Å². The fourth-order valence-corrected chi connectivity index (χ4v) is 4.59. The van der Waals surface area contributed by atoms with Gasteiger partial charge in [0.05, 0.1) is 20.6 Å². The normalized spacial score (nSPS) is 11.4. The molecular formula is C26H24Cl2FN5O7S2. The lowest BCUT2D eigenvalue weighted by Crippen LogP contribution is -2.22. The molecule has 4 rings (SSSR count). The summed E-state index contributed by atoms with van der Waals surface area (Å²) in [6.07, 6.45) is 1.17. The van der Waals surface area contributed by atoms with E-state index < -0.39 is 31.4 Å². The van der Waals surface area contributed by atoms with Crippen LogP contribution in [0.15, 0.2) is 71.6 Å². The lowest BCUT2D eigenvalue weighted by Gasteiger charge is -2.13. The first-order valence-corrected chi connectivity index (χ1v) is 15.5. The van der Waals surface area contributed by atoms with E-state index in [4.69, 9.17) is 52.2 Å². The lowest BCUT2D eigenvalue weighted by atomic mass is 9.99. The Balaban J connectivity index is 0.000000934. The van der Waals surface area contributed by atoms with Crippen LogP contribution in [0.3, 0.4) is 0 Å². The van der Waals surface area contributed by atoms with Crippen LogP contribution in [0.2, 0.25) is 10.0 Å². The highest BCUT2D eigenvalue weighted by molar-refractivity contribution is 7.86. The average Bonchev–Trinajstić information content (AvgIpc) is 2.91. The molecule has 0 saturated heterocycles. The number of halogens is 3. The molecule has 0 fully saturated rings. The van der Waals surface area contributed by atoms with Crippen molar-refractivity contribution < 1.29 is 34.6 Å². The Labute approximate surface area is 256 Å². The zero-order valence-electron chi connectivity index (χ0n) is 21.9. The number of hydrogen-bond donors (Lipinski definition) is 5. The third kappa shape index (κ3) is 10.4. The van der Waals surface area contributed by atoms with Gasteiger partial charge in [0.25, 0.3) is 5.91 Å². The summed E-state index contributed by atoms with van der Waals surface area (Å²) in [7, 11) is -9.48. The van der Waals surface area contributed by atoms with Gasteiger partial charge in [-0.15, -0.1) is 3.89 Å². The number of hydrogen-bond acceptors (Lipinski definition) is 9. The fourth-order valence-electron chi connectivity index (χ4n) is 3.83. The van der Waals surface area contributed by atoms with Gasteiger partial charge in [-0.05, 0) is 65.9 Å². The largest absolute Gasteiger partial charge is 0.394 e. The van der Waals surface area contributed by atoms with Gasteiger partial charge in [-0.3, -0.25) is 13.9 Å². The number of anilines is 2. The van der Waals surface area contributed by atoms with Crippen molar-refractivity contribution in [3.8, 4) is 11.1 Å². The molecule has 0 radical (unpaired) electrons. The van der Waals surface area contributed by atoms with Gasteiger partial charge >= 0.3 is 20.6 Å². The predicted molar refractivity (Wildman–Crippen MR) is 160 cm³/mol. The number of aryl methyl sites for hydroxylation is 2. The Kier molecular flexibility index (Phi) is 11.0. The van der Waals surface area contributed by atoms with E-state index in [9.17, 15) is 17.1 Å². The number of carbonyl (C=O) groups excluding carboxylic acids is 1. The van der Waals surface area contributed by atoms with Gasteiger partial charge in [-0.1, -0.05) is 53.5 Å². The molecule has 0 aliphatic heterocycles. The number of benzene rings is 3. The zero-order chi connectivity index (χ0) is 31.9. The summed E-state index contributed by atoms with van der Waals surface area (Å²) in [5.74, 6) is -0.0862. The minimum atomic E-state index is -4.81. The van der Waals surface area contributed by atoms with Crippen molar-refractivity contribution in [3.05, 3.63) is 99.2 Å². The van der Waals surface area contributed by atoms with Crippen molar-refractivity contribution in [1.29, 1.82) is 0 Å². The lowest BCUT2D eigenvalue weighted by molar-refractivity contribution is 0.0950. The van der Waals surface area contributed by atoms with Crippen LogP contribution < -0.4 is 16.8 Å². The second-order valence-corrected chi connectivity index (χ2v) is 11.9. The quantitative estimate of drug-likeness (QED) is 0.131. The summed E-state index contributed by atoms with van der Waals surface area (Å²) < 4.78 is 66.4. The molecule has 228 valence electrons. The second kappa shape index (κ2) is 14.1. The Morgan fingerprint density at radius 2 is 1.42 bits per heavy atom. The van der Waals surface area contributed by atoms with Gasteiger partial charge in [0.2, 0.25) is 5.95 Å². The predicted octanol–water partition coefficient (Wildman–Crippen LogP) is 4.34. The van der Waals surface area contributed by atoms with Crippen molar-refractivity contribution in [3.63, 3.8) is 0 Å². The Bertz CT molecular complexity index is 1840.